The molecular formula is C8H5N3OS. The van der Waals surface area contributed by atoms with Gasteiger partial charge in [0.05, 0.1) is 21.4 Å². The minimum absolute atomic E-state index is 0.362. The molecule has 5 heteroatoms. The van der Waals surface area contributed by atoms with Crippen LogP contribution in [0.5, 0.6) is 0 Å². The maximum Gasteiger partial charge on any atom is 0.120 e. The predicted octanol–water partition coefficient (Wildman–Crippen LogP) is -0.322. The summed E-state index contributed by atoms with van der Waals surface area (Å²) in [7, 11) is -0.972. The van der Waals surface area contributed by atoms with Crippen LogP contribution in [0.4, 0.5) is 5.69 Å². The number of nitrogens with zero attached hydrogens (tertiary/aromatic N) is 3. The number of hydrogen-bond donors (Lipinski definition) is 0. The van der Waals surface area contributed by atoms with Gasteiger partial charge in [-0.1, -0.05) is 0 Å². The molecule has 2 aliphatic rings. The highest BCUT2D eigenvalue weighted by Gasteiger charge is 2.16. The zero-order chi connectivity index (χ0) is 8.84. The van der Waals surface area contributed by atoms with Gasteiger partial charge in [0.25, 0.3) is 0 Å². The molecule has 1 aromatic rings. The first kappa shape index (κ1) is 7.08. The van der Waals surface area contributed by atoms with Crippen LogP contribution in [0, 0.1) is 0 Å². The molecule has 0 amide bonds. The van der Waals surface area contributed by atoms with Crippen molar-refractivity contribution >= 4 is 22.8 Å². The number of hydrogen-bond acceptors (Lipinski definition) is 4. The zero-order valence-corrected chi connectivity index (χ0v) is 7.41. The standard InChI is InChI=1S/C8H5N3OS/c12-13-4-11-8-6(13)2-1-5-7(8)10-3-9-5/h1-3H,4H2. The Labute approximate surface area is 76.2 Å². The van der Waals surface area contributed by atoms with Gasteiger partial charge in [0, 0.05) is 0 Å². The summed E-state index contributed by atoms with van der Waals surface area (Å²) < 4.78 is 11.4. The molecule has 0 N–H and O–H groups in total. The molecule has 0 aromatic heterocycles. The molecule has 2 aliphatic heterocycles. The van der Waals surface area contributed by atoms with Crippen LogP contribution in [0.2, 0.25) is 0 Å². The van der Waals surface area contributed by atoms with Crippen molar-refractivity contribution in [1.82, 2.24) is 0 Å². The van der Waals surface area contributed by atoms with Gasteiger partial charge >= 0.3 is 0 Å². The van der Waals surface area contributed by atoms with Crippen LogP contribution >= 0.6 is 0 Å². The summed E-state index contributed by atoms with van der Waals surface area (Å²) in [6, 6.07) is 3.65. The molecule has 0 fully saturated rings. The molecule has 64 valence electrons. The summed E-state index contributed by atoms with van der Waals surface area (Å²) >= 11 is 0. The van der Waals surface area contributed by atoms with Gasteiger partial charge in [-0.15, -0.1) is 0 Å². The molecule has 4 nitrogen and oxygen atoms in total. The highest BCUT2D eigenvalue weighted by molar-refractivity contribution is 7.85. The topological polar surface area (TPSA) is 54.1 Å². The van der Waals surface area contributed by atoms with E-state index in [0.29, 0.717) is 5.88 Å². The van der Waals surface area contributed by atoms with Crippen molar-refractivity contribution in [3.8, 4) is 0 Å². The summed E-state index contributed by atoms with van der Waals surface area (Å²) in [5.74, 6) is 0.362. The Morgan fingerprint density at radius 3 is 3.15 bits per heavy atom. The van der Waals surface area contributed by atoms with E-state index in [1.54, 1.807) is 0 Å². The third-order valence-corrected chi connectivity index (χ3v) is 3.25. The minimum Gasteiger partial charge on any atom is -0.268 e. The van der Waals surface area contributed by atoms with Gasteiger partial charge in [-0.3, -0.25) is 9.20 Å². The zero-order valence-electron chi connectivity index (χ0n) is 6.60. The van der Waals surface area contributed by atoms with Crippen molar-refractivity contribution < 1.29 is 4.21 Å². The van der Waals surface area contributed by atoms with Crippen molar-refractivity contribution in [3.05, 3.63) is 22.8 Å². The SMILES string of the molecule is O=S1CN=c2c1ccc1c2=NC=N1. The van der Waals surface area contributed by atoms with Crippen LogP contribution in [0.3, 0.4) is 0 Å². The van der Waals surface area contributed by atoms with Crippen LogP contribution in [-0.2, 0) is 10.8 Å². The molecular weight excluding hydrogens is 186 g/mol. The fraction of sp³-hybridized carbons (Fsp3) is 0.125. The molecule has 3 rings (SSSR count). The van der Waals surface area contributed by atoms with E-state index in [1.165, 1.54) is 6.34 Å². The van der Waals surface area contributed by atoms with Crippen molar-refractivity contribution in [1.29, 1.82) is 0 Å². The third-order valence-electron chi connectivity index (χ3n) is 2.06. The average Bonchev–Trinajstić information content (AvgIpc) is 2.70. The number of aliphatic imine (C=N–C) groups is 1. The summed E-state index contributed by atoms with van der Waals surface area (Å²) in [4.78, 5) is 13.1. The molecule has 0 bridgehead atoms. The van der Waals surface area contributed by atoms with Crippen LogP contribution < -0.4 is 10.7 Å². The lowest BCUT2D eigenvalue weighted by atomic mass is 10.3. The molecule has 1 unspecified atom stereocenters. The summed E-state index contributed by atoms with van der Waals surface area (Å²) in [5.41, 5.74) is 0.821. The first-order chi connectivity index (χ1) is 6.36. The average molecular weight is 191 g/mol. The molecule has 0 saturated heterocycles. The maximum atomic E-state index is 11.4. The largest absolute Gasteiger partial charge is 0.268 e. The third kappa shape index (κ3) is 0.846. The molecule has 0 spiro atoms. The minimum atomic E-state index is -0.972. The molecule has 2 heterocycles. The van der Waals surface area contributed by atoms with Gasteiger partial charge in [-0.2, -0.15) is 0 Å². The van der Waals surface area contributed by atoms with E-state index in [4.69, 9.17) is 0 Å². The van der Waals surface area contributed by atoms with Gasteiger partial charge in [-0.05, 0) is 12.1 Å². The van der Waals surface area contributed by atoms with Gasteiger partial charge in [0.1, 0.15) is 22.9 Å². The Hall–Kier alpha value is -1.36. The summed E-state index contributed by atoms with van der Waals surface area (Å²) in [5, 5.41) is 1.52. The van der Waals surface area contributed by atoms with E-state index in [9.17, 15) is 4.21 Å². The van der Waals surface area contributed by atoms with E-state index in [0.717, 1.165) is 21.3 Å². The maximum absolute atomic E-state index is 11.4. The smallest absolute Gasteiger partial charge is 0.120 e. The van der Waals surface area contributed by atoms with Crippen LogP contribution in [0.15, 0.2) is 32.0 Å². The Bertz CT molecular complexity index is 561. The van der Waals surface area contributed by atoms with Crippen molar-refractivity contribution in [2.75, 3.05) is 5.88 Å². The van der Waals surface area contributed by atoms with Crippen molar-refractivity contribution in [3.63, 3.8) is 0 Å². The lowest BCUT2D eigenvalue weighted by Crippen LogP contribution is -2.25. The highest BCUT2D eigenvalue weighted by atomic mass is 32.2. The Morgan fingerprint density at radius 1 is 1.31 bits per heavy atom. The van der Waals surface area contributed by atoms with Gasteiger partial charge in [-0.25, -0.2) is 9.98 Å². The Morgan fingerprint density at radius 2 is 2.23 bits per heavy atom. The molecule has 0 radical (unpaired) electrons. The fourth-order valence-electron chi connectivity index (χ4n) is 1.46. The quantitative estimate of drug-likeness (QED) is 0.554. The second-order valence-corrected chi connectivity index (χ2v) is 4.18. The first-order valence-corrected chi connectivity index (χ1v) is 5.14. The Balaban J connectivity index is 2.53. The van der Waals surface area contributed by atoms with Crippen molar-refractivity contribution in [2.45, 2.75) is 4.90 Å². The molecule has 1 atom stereocenters. The van der Waals surface area contributed by atoms with E-state index >= 15 is 0 Å². The number of benzene rings is 1. The molecule has 0 aliphatic carbocycles. The van der Waals surface area contributed by atoms with Crippen molar-refractivity contribution in [2.24, 2.45) is 15.0 Å². The van der Waals surface area contributed by atoms with Crippen LogP contribution in [0.25, 0.3) is 0 Å². The highest BCUT2D eigenvalue weighted by Crippen LogP contribution is 2.11. The van der Waals surface area contributed by atoms with Gasteiger partial charge in [0.2, 0.25) is 0 Å². The van der Waals surface area contributed by atoms with Gasteiger partial charge in [0.15, 0.2) is 0 Å². The van der Waals surface area contributed by atoms with E-state index < -0.39 is 10.8 Å². The normalized spacial score (nSPS) is 22.0. The number of fused-ring (bicyclic) bond motifs is 3. The van der Waals surface area contributed by atoms with E-state index in [-0.39, 0.29) is 0 Å². The van der Waals surface area contributed by atoms with E-state index in [1.807, 2.05) is 12.1 Å². The lowest BCUT2D eigenvalue weighted by molar-refractivity contribution is 0.685. The summed E-state index contributed by atoms with van der Waals surface area (Å²) in [6.45, 7) is 0. The lowest BCUT2D eigenvalue weighted by Gasteiger charge is -1.91. The van der Waals surface area contributed by atoms with Crippen LogP contribution in [-0.4, -0.2) is 16.4 Å². The fourth-order valence-corrected chi connectivity index (χ4v) is 2.44. The predicted molar refractivity (Wildman–Crippen MR) is 48.2 cm³/mol. The first-order valence-electron chi connectivity index (χ1n) is 3.82. The molecule has 13 heavy (non-hydrogen) atoms. The van der Waals surface area contributed by atoms with E-state index in [2.05, 4.69) is 15.0 Å². The van der Waals surface area contributed by atoms with Crippen LogP contribution in [0.1, 0.15) is 0 Å². The second-order valence-electron chi connectivity index (χ2n) is 2.79. The van der Waals surface area contributed by atoms with Gasteiger partial charge < -0.3 is 0 Å². The summed E-state index contributed by atoms with van der Waals surface area (Å²) in [6.07, 6.45) is 1.50. The second kappa shape index (κ2) is 2.32. The Kier molecular flexibility index (Phi) is 1.26. The number of rotatable bonds is 0. The molecule has 1 aromatic carbocycles. The monoisotopic (exact) mass is 191 g/mol. The molecule has 0 saturated carbocycles.